The van der Waals surface area contributed by atoms with Crippen molar-refractivity contribution in [3.8, 4) is 0 Å². The predicted octanol–water partition coefficient (Wildman–Crippen LogP) is 1.94. The minimum Gasteiger partial charge on any atom is -0.347 e. The van der Waals surface area contributed by atoms with Crippen LogP contribution in [-0.4, -0.2) is 16.5 Å². The summed E-state index contributed by atoms with van der Waals surface area (Å²) in [5.74, 6) is 0. The van der Waals surface area contributed by atoms with Crippen molar-refractivity contribution >= 4 is 0 Å². The van der Waals surface area contributed by atoms with Gasteiger partial charge >= 0.3 is 0 Å². The van der Waals surface area contributed by atoms with Gasteiger partial charge in [0.25, 0.3) is 0 Å². The first kappa shape index (κ1) is 10.3. The molecule has 0 aliphatic rings. The van der Waals surface area contributed by atoms with Crippen LogP contribution in [0.2, 0.25) is 0 Å². The molecule has 0 aliphatic carbocycles. The standard InChI is InChI=1S/C10H19N3/c1-10(2,3)4-5-11-6-9-7-12-8-13-9/h7-8,11H,4-6H2,1-3H3,(H,12,13). The average molecular weight is 181 g/mol. The van der Waals surface area contributed by atoms with E-state index in [0.29, 0.717) is 5.41 Å². The summed E-state index contributed by atoms with van der Waals surface area (Å²) in [7, 11) is 0. The second-order valence-corrected chi connectivity index (χ2v) is 4.56. The molecule has 0 aromatic carbocycles. The second kappa shape index (κ2) is 4.42. The van der Waals surface area contributed by atoms with Gasteiger partial charge in [0.05, 0.1) is 6.33 Å². The molecule has 1 aromatic heterocycles. The van der Waals surface area contributed by atoms with E-state index >= 15 is 0 Å². The Morgan fingerprint density at radius 3 is 2.77 bits per heavy atom. The summed E-state index contributed by atoms with van der Waals surface area (Å²) in [6.07, 6.45) is 4.76. The maximum Gasteiger partial charge on any atom is 0.0922 e. The molecule has 2 N–H and O–H groups in total. The molecule has 0 atom stereocenters. The molecule has 0 fully saturated rings. The van der Waals surface area contributed by atoms with Gasteiger partial charge in [0.15, 0.2) is 0 Å². The first-order valence-corrected chi connectivity index (χ1v) is 4.76. The summed E-state index contributed by atoms with van der Waals surface area (Å²) in [6, 6.07) is 0. The second-order valence-electron chi connectivity index (χ2n) is 4.56. The zero-order valence-corrected chi connectivity index (χ0v) is 8.72. The van der Waals surface area contributed by atoms with Crippen molar-refractivity contribution in [1.29, 1.82) is 0 Å². The average Bonchev–Trinajstić information content (AvgIpc) is 2.48. The van der Waals surface area contributed by atoms with E-state index in [0.717, 1.165) is 18.8 Å². The molecule has 0 radical (unpaired) electrons. The van der Waals surface area contributed by atoms with Crippen LogP contribution >= 0.6 is 0 Å². The van der Waals surface area contributed by atoms with Gasteiger partial charge in [-0.2, -0.15) is 0 Å². The fourth-order valence-corrected chi connectivity index (χ4v) is 1.07. The highest BCUT2D eigenvalue weighted by atomic mass is 14.9. The van der Waals surface area contributed by atoms with Crippen LogP contribution in [0.25, 0.3) is 0 Å². The van der Waals surface area contributed by atoms with E-state index in [4.69, 9.17) is 0 Å². The number of hydrogen-bond donors (Lipinski definition) is 2. The van der Waals surface area contributed by atoms with Gasteiger partial charge < -0.3 is 10.3 Å². The van der Waals surface area contributed by atoms with Crippen LogP contribution in [0.4, 0.5) is 0 Å². The zero-order valence-electron chi connectivity index (χ0n) is 8.72. The zero-order chi connectivity index (χ0) is 9.73. The summed E-state index contributed by atoms with van der Waals surface area (Å²) in [5, 5.41) is 3.37. The lowest BCUT2D eigenvalue weighted by Gasteiger charge is -2.17. The van der Waals surface area contributed by atoms with E-state index in [1.807, 2.05) is 6.20 Å². The summed E-state index contributed by atoms with van der Waals surface area (Å²) in [6.45, 7) is 8.71. The van der Waals surface area contributed by atoms with Crippen LogP contribution in [0.15, 0.2) is 12.5 Å². The van der Waals surface area contributed by atoms with Crippen molar-refractivity contribution in [1.82, 2.24) is 15.3 Å². The molecule has 0 spiro atoms. The highest BCUT2D eigenvalue weighted by molar-refractivity contribution is 4.92. The molecule has 0 aliphatic heterocycles. The summed E-state index contributed by atoms with van der Waals surface area (Å²) in [5.41, 5.74) is 1.56. The van der Waals surface area contributed by atoms with Crippen molar-refractivity contribution in [3.05, 3.63) is 18.2 Å². The Kier molecular flexibility index (Phi) is 3.48. The number of rotatable bonds is 4. The van der Waals surface area contributed by atoms with Crippen molar-refractivity contribution in [2.24, 2.45) is 5.41 Å². The molecule has 0 unspecified atom stereocenters. The smallest absolute Gasteiger partial charge is 0.0922 e. The predicted molar refractivity (Wildman–Crippen MR) is 54.4 cm³/mol. The van der Waals surface area contributed by atoms with E-state index in [9.17, 15) is 0 Å². The van der Waals surface area contributed by atoms with E-state index in [1.165, 1.54) is 6.42 Å². The lowest BCUT2D eigenvalue weighted by atomic mass is 9.92. The van der Waals surface area contributed by atoms with Gasteiger partial charge in [-0.3, -0.25) is 0 Å². The normalized spacial score (nSPS) is 11.9. The van der Waals surface area contributed by atoms with Gasteiger partial charge in [0, 0.05) is 18.4 Å². The molecular formula is C10H19N3. The topological polar surface area (TPSA) is 40.7 Å². The van der Waals surface area contributed by atoms with Gasteiger partial charge in [-0.25, -0.2) is 4.98 Å². The summed E-state index contributed by atoms with van der Waals surface area (Å²) in [4.78, 5) is 7.02. The van der Waals surface area contributed by atoms with Gasteiger partial charge in [0.1, 0.15) is 0 Å². The molecule has 3 heteroatoms. The monoisotopic (exact) mass is 181 g/mol. The number of imidazole rings is 1. The third kappa shape index (κ3) is 4.68. The largest absolute Gasteiger partial charge is 0.347 e. The molecule has 3 nitrogen and oxygen atoms in total. The number of nitrogens with zero attached hydrogens (tertiary/aromatic N) is 1. The SMILES string of the molecule is CC(C)(C)CCNCc1cnc[nH]1. The number of aromatic amines is 1. The third-order valence-corrected chi connectivity index (χ3v) is 1.92. The fourth-order valence-electron chi connectivity index (χ4n) is 1.07. The molecule has 1 aromatic rings. The van der Waals surface area contributed by atoms with Gasteiger partial charge in [-0.05, 0) is 18.4 Å². The van der Waals surface area contributed by atoms with Crippen LogP contribution in [0.1, 0.15) is 32.9 Å². The molecule has 74 valence electrons. The lowest BCUT2D eigenvalue weighted by molar-refractivity contribution is 0.366. The van der Waals surface area contributed by atoms with Crippen molar-refractivity contribution in [2.75, 3.05) is 6.54 Å². The minimum absolute atomic E-state index is 0.418. The van der Waals surface area contributed by atoms with Crippen molar-refractivity contribution in [2.45, 2.75) is 33.7 Å². The Hall–Kier alpha value is -0.830. The quantitative estimate of drug-likeness (QED) is 0.697. The molecule has 0 saturated heterocycles. The van der Waals surface area contributed by atoms with Gasteiger partial charge in [-0.15, -0.1) is 0 Å². The molecular weight excluding hydrogens is 162 g/mol. The number of H-pyrrole nitrogens is 1. The first-order valence-electron chi connectivity index (χ1n) is 4.76. The number of nitrogens with one attached hydrogen (secondary N) is 2. The maximum atomic E-state index is 3.95. The van der Waals surface area contributed by atoms with Crippen molar-refractivity contribution in [3.63, 3.8) is 0 Å². The van der Waals surface area contributed by atoms with Crippen LogP contribution < -0.4 is 5.32 Å². The lowest BCUT2D eigenvalue weighted by Crippen LogP contribution is -2.20. The van der Waals surface area contributed by atoms with Crippen LogP contribution in [0.5, 0.6) is 0 Å². The fraction of sp³-hybridized carbons (Fsp3) is 0.700. The first-order chi connectivity index (χ1) is 6.08. The maximum absolute atomic E-state index is 3.95. The van der Waals surface area contributed by atoms with Gasteiger partial charge in [-0.1, -0.05) is 20.8 Å². The molecule has 1 rings (SSSR count). The third-order valence-electron chi connectivity index (χ3n) is 1.92. The van der Waals surface area contributed by atoms with Gasteiger partial charge in [0.2, 0.25) is 0 Å². The minimum atomic E-state index is 0.418. The van der Waals surface area contributed by atoms with E-state index in [1.54, 1.807) is 6.33 Å². The van der Waals surface area contributed by atoms with Crippen molar-refractivity contribution < 1.29 is 0 Å². The molecule has 0 bridgehead atoms. The highest BCUT2D eigenvalue weighted by Gasteiger charge is 2.08. The Morgan fingerprint density at radius 2 is 2.23 bits per heavy atom. The molecule has 1 heterocycles. The summed E-state index contributed by atoms with van der Waals surface area (Å²) >= 11 is 0. The van der Waals surface area contributed by atoms with E-state index < -0.39 is 0 Å². The Labute approximate surface area is 80.0 Å². The summed E-state index contributed by atoms with van der Waals surface area (Å²) < 4.78 is 0. The Morgan fingerprint density at radius 1 is 1.46 bits per heavy atom. The molecule has 0 saturated carbocycles. The Bertz CT molecular complexity index is 221. The Balaban J connectivity index is 2.09. The van der Waals surface area contributed by atoms with Crippen LogP contribution in [-0.2, 0) is 6.54 Å². The highest BCUT2D eigenvalue weighted by Crippen LogP contribution is 2.16. The number of hydrogen-bond acceptors (Lipinski definition) is 2. The molecule has 0 amide bonds. The van der Waals surface area contributed by atoms with Crippen LogP contribution in [0.3, 0.4) is 0 Å². The van der Waals surface area contributed by atoms with E-state index in [-0.39, 0.29) is 0 Å². The van der Waals surface area contributed by atoms with E-state index in [2.05, 4.69) is 36.1 Å². The molecule has 13 heavy (non-hydrogen) atoms. The van der Waals surface area contributed by atoms with Crippen LogP contribution in [0, 0.1) is 5.41 Å². The number of aromatic nitrogens is 2.